The van der Waals surface area contributed by atoms with Gasteiger partial charge >= 0.3 is 6.01 Å². The van der Waals surface area contributed by atoms with Crippen molar-refractivity contribution in [1.29, 1.82) is 0 Å². The van der Waals surface area contributed by atoms with E-state index in [1.54, 1.807) is 47.7 Å². The first kappa shape index (κ1) is 32.0. The van der Waals surface area contributed by atoms with E-state index in [-0.39, 0.29) is 19.9 Å². The van der Waals surface area contributed by atoms with Gasteiger partial charge in [0.15, 0.2) is 17.6 Å². The molecule has 6 rings (SSSR count). The topological polar surface area (TPSA) is 143 Å². The van der Waals surface area contributed by atoms with Gasteiger partial charge in [-0.2, -0.15) is 9.35 Å². The lowest BCUT2D eigenvalue weighted by Crippen LogP contribution is -2.35. The van der Waals surface area contributed by atoms with E-state index in [0.29, 0.717) is 51.6 Å². The van der Waals surface area contributed by atoms with Crippen molar-refractivity contribution in [3.63, 3.8) is 0 Å². The van der Waals surface area contributed by atoms with Gasteiger partial charge in [-0.3, -0.25) is 4.57 Å². The van der Waals surface area contributed by atoms with Crippen LogP contribution in [-0.4, -0.2) is 98.6 Å². The Morgan fingerprint density at radius 3 is 2.47 bits per heavy atom. The molecule has 4 atom stereocenters. The summed E-state index contributed by atoms with van der Waals surface area (Å²) in [5.41, 5.74) is 3.62. The molecule has 2 aliphatic heterocycles. The molecule has 0 saturated carbocycles. The molecule has 0 amide bonds. The zero-order valence-electron chi connectivity index (χ0n) is 25.8. The molecule has 3 aromatic heterocycles. The van der Waals surface area contributed by atoms with Gasteiger partial charge in [0.05, 0.1) is 29.6 Å². The molecule has 2 aliphatic rings. The number of aliphatic hydroxyl groups is 1. The van der Waals surface area contributed by atoms with E-state index in [4.69, 9.17) is 40.5 Å². The Labute approximate surface area is 268 Å². The number of benzene rings is 1. The van der Waals surface area contributed by atoms with Crippen LogP contribution in [0, 0.1) is 0 Å². The summed E-state index contributed by atoms with van der Waals surface area (Å²) in [6, 6.07) is 10.3. The van der Waals surface area contributed by atoms with Crippen LogP contribution >= 0.6 is 11.6 Å². The van der Waals surface area contributed by atoms with E-state index in [0.717, 1.165) is 11.6 Å². The minimum atomic E-state index is -2.25. The molecule has 0 aliphatic carbocycles. The first-order valence-corrected chi connectivity index (χ1v) is 21.1. The number of imidazole rings is 1. The summed E-state index contributed by atoms with van der Waals surface area (Å²) in [4.78, 5) is 18.7. The van der Waals surface area contributed by atoms with Crippen molar-refractivity contribution in [3.8, 4) is 28.7 Å². The number of aromatic nitrogens is 5. The third-order valence-corrected chi connectivity index (χ3v) is 10.1. The molecule has 2 fully saturated rings. The number of aliphatic hydroxyl groups excluding tert-OH is 1. The third kappa shape index (κ3) is 7.37. The van der Waals surface area contributed by atoms with E-state index >= 15 is 0 Å². The number of hydrogen-bond donors (Lipinski definition) is 1. The normalized spacial score (nSPS) is 21.8. The van der Waals surface area contributed by atoms with E-state index in [2.05, 4.69) is 34.0 Å². The molecule has 12 nitrogen and oxygen atoms in total. The zero-order chi connectivity index (χ0) is 31.9. The molecule has 0 unspecified atom stereocenters. The highest BCUT2D eigenvalue weighted by Crippen LogP contribution is 2.34. The third-order valence-electron chi connectivity index (χ3n) is 7.47. The van der Waals surface area contributed by atoms with Gasteiger partial charge in [0, 0.05) is 60.4 Å². The summed E-state index contributed by atoms with van der Waals surface area (Å²) in [5, 5.41) is 10.6. The second-order valence-electron chi connectivity index (χ2n) is 12.8. The lowest BCUT2D eigenvalue weighted by molar-refractivity contribution is 0.00336. The Morgan fingerprint density at radius 1 is 1.07 bits per heavy atom. The fraction of sp³-hybridized carbons (Fsp3) is 0.467. The predicted molar refractivity (Wildman–Crippen MR) is 175 cm³/mol. The minimum absolute atomic E-state index is 0.179. The van der Waals surface area contributed by atoms with Gasteiger partial charge in [0.2, 0.25) is 0 Å². The van der Waals surface area contributed by atoms with Crippen LogP contribution < -0.4 is 4.74 Å². The Hall–Kier alpha value is -2.98. The Kier molecular flexibility index (Phi) is 9.00. The van der Waals surface area contributed by atoms with E-state index in [9.17, 15) is 9.32 Å². The maximum absolute atomic E-state index is 12.0. The van der Waals surface area contributed by atoms with Crippen molar-refractivity contribution in [2.24, 2.45) is 4.36 Å². The fourth-order valence-electron chi connectivity index (χ4n) is 5.15. The van der Waals surface area contributed by atoms with Gasteiger partial charge in [-0.15, -0.1) is 0 Å². The van der Waals surface area contributed by atoms with Gasteiger partial charge in [0.25, 0.3) is 0 Å². The monoisotopic (exact) mass is 672 g/mol. The molecule has 1 aromatic carbocycles. The first-order valence-electron chi connectivity index (χ1n) is 14.7. The summed E-state index contributed by atoms with van der Waals surface area (Å²) in [5.74, 6) is 0.518. The molecule has 2 saturated heterocycles. The maximum Gasteiger partial charge on any atom is 0.301 e. The quantitative estimate of drug-likeness (QED) is 0.185. The van der Waals surface area contributed by atoms with Gasteiger partial charge in [-0.25, -0.2) is 19.2 Å². The summed E-state index contributed by atoms with van der Waals surface area (Å²) in [6.07, 6.45) is 4.58. The number of ether oxygens (including phenoxy) is 4. The molecule has 1 N–H and O–H groups in total. The van der Waals surface area contributed by atoms with Crippen molar-refractivity contribution < 1.29 is 28.3 Å². The predicted octanol–water partition coefficient (Wildman–Crippen LogP) is 4.79. The molecule has 45 heavy (non-hydrogen) atoms. The number of fused-ring (bicyclic) bond motifs is 2. The second-order valence-corrected chi connectivity index (χ2v) is 21.3. The van der Waals surface area contributed by atoms with E-state index < -0.39 is 42.2 Å². The van der Waals surface area contributed by atoms with Crippen molar-refractivity contribution in [1.82, 2.24) is 24.5 Å². The van der Waals surface area contributed by atoms with Crippen LogP contribution in [0.2, 0.25) is 30.7 Å². The van der Waals surface area contributed by atoms with Gasteiger partial charge in [-0.05, 0) is 36.4 Å². The Bertz CT molecular complexity index is 1800. The molecule has 4 aromatic rings. The molecule has 0 radical (unpaired) electrons. The van der Waals surface area contributed by atoms with Gasteiger partial charge in [0.1, 0.15) is 30.6 Å². The lowest BCUT2D eigenvalue weighted by Gasteiger charge is -2.19. The number of pyridine rings is 1. The van der Waals surface area contributed by atoms with Crippen LogP contribution in [0.4, 0.5) is 5.69 Å². The molecule has 5 heterocycles. The fourth-order valence-corrected chi connectivity index (χ4v) is 6.79. The van der Waals surface area contributed by atoms with E-state index in [1.807, 2.05) is 12.1 Å². The summed E-state index contributed by atoms with van der Waals surface area (Å²) in [7, 11) is -3.55. The largest absolute Gasteiger partial charge is 0.456 e. The molecular formula is C30H37ClN6O6SSi. The second kappa shape index (κ2) is 12.7. The average Bonchev–Trinajstić information content (AvgIpc) is 3.65. The standard InChI is InChI=1S/C30H37ClN6O6SSi/c1-44(2,39)36-20-8-6-18(7-9-20)28-32-13-19(14-33-28)25-21(31)12-22-29(35-25)37(17-40-10-11-45(3,4)5)30(34-22)43-24-16-42-26-23(38)15-41-27(24)26/h6-9,12-14,23-24,26-27,38H,10-11,15-17H2,1-5H3/t23-,24-,26-,27-/m1/s1. The smallest absolute Gasteiger partial charge is 0.301 e. The molecule has 240 valence electrons. The van der Waals surface area contributed by atoms with E-state index in [1.165, 1.54) is 0 Å². The lowest BCUT2D eigenvalue weighted by atomic mass is 10.1. The highest BCUT2D eigenvalue weighted by Gasteiger charge is 2.49. The van der Waals surface area contributed by atoms with Crippen LogP contribution in [0.5, 0.6) is 6.01 Å². The summed E-state index contributed by atoms with van der Waals surface area (Å²) < 4.78 is 41.9. The van der Waals surface area contributed by atoms with Crippen LogP contribution in [0.1, 0.15) is 0 Å². The zero-order valence-corrected chi connectivity index (χ0v) is 28.4. The molecule has 0 bridgehead atoms. The number of nitrogens with zero attached hydrogens (tertiary/aromatic N) is 6. The summed E-state index contributed by atoms with van der Waals surface area (Å²) in [6.45, 7) is 8.15. The number of hydrogen-bond acceptors (Lipinski definition) is 11. The average molecular weight is 673 g/mol. The van der Waals surface area contributed by atoms with Crippen LogP contribution in [0.3, 0.4) is 0 Å². The van der Waals surface area contributed by atoms with Crippen molar-refractivity contribution >= 4 is 46.3 Å². The van der Waals surface area contributed by atoms with Crippen LogP contribution in [0.25, 0.3) is 33.8 Å². The van der Waals surface area contributed by atoms with Crippen LogP contribution in [0.15, 0.2) is 47.1 Å². The molecule has 0 spiro atoms. The number of rotatable bonds is 10. The van der Waals surface area contributed by atoms with Crippen molar-refractivity contribution in [3.05, 3.63) is 47.7 Å². The Balaban J connectivity index is 1.29. The van der Waals surface area contributed by atoms with Crippen molar-refractivity contribution in [2.45, 2.75) is 56.8 Å². The molecular weight excluding hydrogens is 636 g/mol. The molecule has 15 heteroatoms. The maximum atomic E-state index is 12.0. The van der Waals surface area contributed by atoms with Gasteiger partial charge < -0.3 is 24.1 Å². The van der Waals surface area contributed by atoms with Crippen molar-refractivity contribution in [2.75, 3.05) is 32.3 Å². The highest BCUT2D eigenvalue weighted by molar-refractivity contribution is 7.92. The van der Waals surface area contributed by atoms with Crippen LogP contribution in [-0.2, 0) is 30.7 Å². The summed E-state index contributed by atoms with van der Waals surface area (Å²) >= 11 is 6.73. The Morgan fingerprint density at radius 2 is 1.78 bits per heavy atom. The van der Waals surface area contributed by atoms with Gasteiger partial charge in [-0.1, -0.05) is 31.2 Å². The SMILES string of the molecule is C[Si](C)(C)CCOCn1c(O[C@@H]2CO[C@H]3[C@@H]2OC[C@H]3O)nc2cc(Cl)c(-c3cnc(-c4ccc(N=S(C)(C)=O)cc4)nc3)nc21. The minimum Gasteiger partial charge on any atom is -0.456 e. The first-order chi connectivity index (χ1) is 21.3. The number of halogens is 1. The highest BCUT2D eigenvalue weighted by atomic mass is 35.5.